The fourth-order valence-corrected chi connectivity index (χ4v) is 1.56. The molecule has 19 heavy (non-hydrogen) atoms. The number of non-ortho nitro benzene ring substituents is 1. The van der Waals surface area contributed by atoms with Crippen molar-refractivity contribution in [3.05, 3.63) is 69.0 Å². The zero-order valence-electron chi connectivity index (χ0n) is 9.68. The number of halogens is 2. The van der Waals surface area contributed by atoms with E-state index < -0.39 is 10.7 Å². The second kappa shape index (κ2) is 5.67. The van der Waals surface area contributed by atoms with Crippen LogP contribution in [0.3, 0.4) is 0 Å². The summed E-state index contributed by atoms with van der Waals surface area (Å²) in [7, 11) is 0. The number of nitro groups is 1. The summed E-state index contributed by atoms with van der Waals surface area (Å²) in [5, 5.41) is 10.5. The maximum atomic E-state index is 13.2. The van der Waals surface area contributed by atoms with Gasteiger partial charge in [-0.1, -0.05) is 11.6 Å². The molecule has 0 aliphatic carbocycles. The highest BCUT2D eigenvalue weighted by Gasteiger charge is 2.05. The lowest BCUT2D eigenvalue weighted by molar-refractivity contribution is -0.384. The van der Waals surface area contributed by atoms with Gasteiger partial charge in [0, 0.05) is 18.2 Å². The minimum atomic E-state index is -0.553. The van der Waals surface area contributed by atoms with Crippen molar-refractivity contribution in [2.24, 2.45) is 0 Å². The smallest absolute Gasteiger partial charge is 0.269 e. The van der Waals surface area contributed by atoms with Gasteiger partial charge in [0.05, 0.1) is 9.95 Å². The molecule has 0 saturated carbocycles. The van der Waals surface area contributed by atoms with Crippen molar-refractivity contribution in [3.63, 3.8) is 0 Å². The van der Waals surface area contributed by atoms with Crippen LogP contribution >= 0.6 is 11.6 Å². The summed E-state index contributed by atoms with van der Waals surface area (Å²) >= 11 is 5.55. The van der Waals surface area contributed by atoms with Gasteiger partial charge in [0.25, 0.3) is 5.69 Å². The molecule has 0 atom stereocenters. The Labute approximate surface area is 113 Å². The predicted molar refractivity (Wildman–Crippen MR) is 68.8 cm³/mol. The van der Waals surface area contributed by atoms with Gasteiger partial charge in [-0.25, -0.2) is 4.39 Å². The molecule has 0 aliphatic rings. The van der Waals surface area contributed by atoms with Gasteiger partial charge in [-0.3, -0.25) is 10.1 Å². The Kier molecular flexibility index (Phi) is 3.97. The van der Waals surface area contributed by atoms with E-state index in [1.807, 2.05) is 0 Å². The Hall–Kier alpha value is -2.14. The second-order valence-corrected chi connectivity index (χ2v) is 4.20. The average molecular weight is 282 g/mol. The van der Waals surface area contributed by atoms with Crippen LogP contribution in [-0.4, -0.2) is 4.92 Å². The zero-order valence-corrected chi connectivity index (χ0v) is 10.4. The molecule has 0 heterocycles. The largest absolute Gasteiger partial charge is 0.489 e. The number of hydrogen-bond donors (Lipinski definition) is 0. The minimum absolute atomic E-state index is 0.0151. The first-order chi connectivity index (χ1) is 9.06. The third kappa shape index (κ3) is 3.42. The van der Waals surface area contributed by atoms with Crippen molar-refractivity contribution < 1.29 is 14.1 Å². The Morgan fingerprint density at radius 2 is 1.89 bits per heavy atom. The number of rotatable bonds is 4. The van der Waals surface area contributed by atoms with Gasteiger partial charge >= 0.3 is 0 Å². The minimum Gasteiger partial charge on any atom is -0.489 e. The SMILES string of the molecule is O=[N+]([O-])c1ccc(COc2ccc(Cl)c(F)c2)cc1. The molecule has 4 nitrogen and oxygen atoms in total. The number of nitro benzene ring substituents is 1. The van der Waals surface area contributed by atoms with E-state index in [9.17, 15) is 14.5 Å². The van der Waals surface area contributed by atoms with Crippen molar-refractivity contribution >= 4 is 17.3 Å². The van der Waals surface area contributed by atoms with Crippen LogP contribution in [0.5, 0.6) is 5.75 Å². The molecule has 0 bridgehead atoms. The molecule has 0 unspecified atom stereocenters. The van der Waals surface area contributed by atoms with Gasteiger partial charge in [0.2, 0.25) is 0 Å². The van der Waals surface area contributed by atoms with Crippen molar-refractivity contribution in [1.82, 2.24) is 0 Å². The lowest BCUT2D eigenvalue weighted by Crippen LogP contribution is -1.96. The summed E-state index contributed by atoms with van der Waals surface area (Å²) in [5.74, 6) is -0.205. The molecule has 0 fully saturated rings. The summed E-state index contributed by atoms with van der Waals surface area (Å²) in [6.45, 7) is 0.194. The summed E-state index contributed by atoms with van der Waals surface area (Å²) in [6, 6.07) is 10.1. The van der Waals surface area contributed by atoms with Crippen LogP contribution in [0.1, 0.15) is 5.56 Å². The van der Waals surface area contributed by atoms with Crippen molar-refractivity contribution in [2.75, 3.05) is 0 Å². The van der Waals surface area contributed by atoms with Crippen LogP contribution < -0.4 is 4.74 Å². The van der Waals surface area contributed by atoms with Crippen LogP contribution in [0.2, 0.25) is 5.02 Å². The van der Waals surface area contributed by atoms with Crippen molar-refractivity contribution in [3.8, 4) is 5.75 Å². The molecule has 98 valence electrons. The molecule has 2 rings (SSSR count). The molecule has 6 heteroatoms. The van der Waals surface area contributed by atoms with E-state index in [-0.39, 0.29) is 17.3 Å². The van der Waals surface area contributed by atoms with Crippen LogP contribution in [0.15, 0.2) is 42.5 Å². The maximum Gasteiger partial charge on any atom is 0.269 e. The number of nitrogens with zero attached hydrogens (tertiary/aromatic N) is 1. The molecule has 0 radical (unpaired) electrons. The lowest BCUT2D eigenvalue weighted by Gasteiger charge is -2.06. The Morgan fingerprint density at radius 1 is 1.21 bits per heavy atom. The van der Waals surface area contributed by atoms with E-state index >= 15 is 0 Å². The van der Waals surface area contributed by atoms with E-state index in [0.29, 0.717) is 5.75 Å². The first kappa shape index (κ1) is 13.3. The molecular weight excluding hydrogens is 273 g/mol. The normalized spacial score (nSPS) is 10.2. The van der Waals surface area contributed by atoms with Gasteiger partial charge in [-0.2, -0.15) is 0 Å². The highest BCUT2D eigenvalue weighted by Crippen LogP contribution is 2.21. The lowest BCUT2D eigenvalue weighted by atomic mass is 10.2. The highest BCUT2D eigenvalue weighted by atomic mass is 35.5. The van der Waals surface area contributed by atoms with E-state index in [1.54, 1.807) is 18.2 Å². The third-order valence-corrected chi connectivity index (χ3v) is 2.75. The van der Waals surface area contributed by atoms with E-state index in [4.69, 9.17) is 16.3 Å². The molecule has 2 aromatic rings. The first-order valence-corrected chi connectivity index (χ1v) is 5.75. The van der Waals surface area contributed by atoms with Crippen LogP contribution in [0.4, 0.5) is 10.1 Å². The molecular formula is C13H9ClFNO3. The fraction of sp³-hybridized carbons (Fsp3) is 0.0769. The Bertz CT molecular complexity index is 601. The number of ether oxygens (including phenoxy) is 1. The molecule has 0 aromatic heterocycles. The fourth-order valence-electron chi connectivity index (χ4n) is 1.45. The molecule has 0 N–H and O–H groups in total. The number of benzene rings is 2. The maximum absolute atomic E-state index is 13.2. The van der Waals surface area contributed by atoms with Crippen LogP contribution in [-0.2, 0) is 6.61 Å². The van der Waals surface area contributed by atoms with Crippen molar-refractivity contribution in [1.29, 1.82) is 0 Å². The monoisotopic (exact) mass is 281 g/mol. The summed E-state index contributed by atoms with van der Waals surface area (Å²) < 4.78 is 18.5. The van der Waals surface area contributed by atoms with Gasteiger partial charge in [-0.05, 0) is 29.8 Å². The van der Waals surface area contributed by atoms with Crippen LogP contribution in [0.25, 0.3) is 0 Å². The predicted octanol–water partition coefficient (Wildman–Crippen LogP) is 3.97. The summed E-state index contributed by atoms with van der Waals surface area (Å²) in [5.41, 5.74) is 0.766. The van der Waals surface area contributed by atoms with E-state index in [2.05, 4.69) is 0 Å². The molecule has 0 spiro atoms. The molecule has 0 aliphatic heterocycles. The average Bonchev–Trinajstić information content (AvgIpc) is 2.40. The quantitative estimate of drug-likeness (QED) is 0.629. The highest BCUT2D eigenvalue weighted by molar-refractivity contribution is 6.30. The Balaban J connectivity index is 2.01. The summed E-state index contributed by atoms with van der Waals surface area (Å²) in [4.78, 5) is 10.0. The standard InChI is InChI=1S/C13H9ClFNO3/c14-12-6-5-11(7-13(12)15)19-8-9-1-3-10(4-2-9)16(17)18/h1-7H,8H2. The van der Waals surface area contributed by atoms with Gasteiger partial charge in [0.1, 0.15) is 18.2 Å². The topological polar surface area (TPSA) is 52.4 Å². The molecule has 0 amide bonds. The van der Waals surface area contributed by atoms with Gasteiger partial charge < -0.3 is 4.74 Å². The van der Waals surface area contributed by atoms with E-state index in [1.165, 1.54) is 24.3 Å². The van der Waals surface area contributed by atoms with Crippen LogP contribution in [0, 0.1) is 15.9 Å². The van der Waals surface area contributed by atoms with Gasteiger partial charge in [0.15, 0.2) is 0 Å². The second-order valence-electron chi connectivity index (χ2n) is 3.79. The zero-order chi connectivity index (χ0) is 13.8. The van der Waals surface area contributed by atoms with E-state index in [0.717, 1.165) is 5.56 Å². The third-order valence-electron chi connectivity index (χ3n) is 2.44. The first-order valence-electron chi connectivity index (χ1n) is 5.37. The number of hydrogen-bond acceptors (Lipinski definition) is 3. The molecule has 0 saturated heterocycles. The molecule has 2 aromatic carbocycles. The van der Waals surface area contributed by atoms with Gasteiger partial charge in [-0.15, -0.1) is 0 Å². The van der Waals surface area contributed by atoms with Crippen molar-refractivity contribution in [2.45, 2.75) is 6.61 Å². The summed E-state index contributed by atoms with van der Waals surface area (Å²) in [6.07, 6.45) is 0. The Morgan fingerprint density at radius 3 is 2.47 bits per heavy atom.